The topological polar surface area (TPSA) is 39.2 Å². The maximum absolute atomic E-state index is 11.3. The third-order valence-electron chi connectivity index (χ3n) is 2.27. The molecule has 1 aromatic heterocycles. The van der Waals surface area contributed by atoms with Crippen molar-refractivity contribution in [1.29, 1.82) is 0 Å². The van der Waals surface area contributed by atoms with Gasteiger partial charge in [-0.3, -0.25) is 4.98 Å². The number of fused-ring (bicyclic) bond motifs is 1. The first-order valence-electron chi connectivity index (χ1n) is 4.69. The Morgan fingerprint density at radius 1 is 1.44 bits per heavy atom. The van der Waals surface area contributed by atoms with Crippen LogP contribution in [-0.4, -0.2) is 18.1 Å². The number of esters is 1. The summed E-state index contributed by atoms with van der Waals surface area (Å²) in [5.74, 6) is 2.14. The minimum absolute atomic E-state index is 0.402. The average Bonchev–Trinajstić information content (AvgIpc) is 2.36. The highest BCUT2D eigenvalue weighted by Gasteiger charge is 2.06. The minimum atomic E-state index is -0.402. The van der Waals surface area contributed by atoms with E-state index in [1.54, 1.807) is 6.07 Å². The van der Waals surface area contributed by atoms with Crippen molar-refractivity contribution >= 4 is 16.9 Å². The third kappa shape index (κ3) is 1.73. The van der Waals surface area contributed by atoms with Gasteiger partial charge in [0.25, 0.3) is 0 Å². The molecule has 3 nitrogen and oxygen atoms in total. The summed E-state index contributed by atoms with van der Waals surface area (Å²) in [6.07, 6.45) is 6.79. The van der Waals surface area contributed by atoms with Crippen LogP contribution in [0.5, 0.6) is 0 Å². The first kappa shape index (κ1) is 10.2. The first-order chi connectivity index (χ1) is 7.74. The Kier molecular flexibility index (Phi) is 2.57. The summed E-state index contributed by atoms with van der Waals surface area (Å²) in [6.45, 7) is 0. The molecule has 0 radical (unpaired) electrons. The van der Waals surface area contributed by atoms with Crippen molar-refractivity contribution in [3.05, 3.63) is 41.6 Å². The molecule has 78 valence electrons. The summed E-state index contributed by atoms with van der Waals surface area (Å²) < 4.78 is 4.62. The first-order valence-corrected chi connectivity index (χ1v) is 4.69. The molecule has 0 amide bonds. The number of carbonyl (C=O) groups excluding carboxylic acids is 1. The van der Waals surface area contributed by atoms with Gasteiger partial charge in [0.15, 0.2) is 0 Å². The highest BCUT2D eigenvalue weighted by Crippen LogP contribution is 2.15. The maximum atomic E-state index is 11.3. The van der Waals surface area contributed by atoms with Gasteiger partial charge in [-0.1, -0.05) is 5.92 Å². The molecule has 0 N–H and O–H groups in total. The summed E-state index contributed by atoms with van der Waals surface area (Å²) in [6, 6.07) is 7.17. The second kappa shape index (κ2) is 4.03. The Hall–Kier alpha value is -2.34. The van der Waals surface area contributed by atoms with Gasteiger partial charge in [-0.25, -0.2) is 4.79 Å². The highest BCUT2D eigenvalue weighted by molar-refractivity contribution is 5.93. The summed E-state index contributed by atoms with van der Waals surface area (Å²) in [5, 5.41) is 0.832. The van der Waals surface area contributed by atoms with Gasteiger partial charge in [0.05, 0.1) is 18.2 Å². The van der Waals surface area contributed by atoms with Crippen molar-refractivity contribution in [2.75, 3.05) is 7.11 Å². The van der Waals surface area contributed by atoms with Gasteiger partial charge in [-0.2, -0.15) is 0 Å². The molecule has 1 heterocycles. The number of carbonyl (C=O) groups is 1. The number of hydrogen-bond acceptors (Lipinski definition) is 3. The molecule has 0 aliphatic carbocycles. The minimum Gasteiger partial charge on any atom is -0.465 e. The zero-order valence-corrected chi connectivity index (χ0v) is 8.73. The summed E-state index contributed by atoms with van der Waals surface area (Å²) >= 11 is 0. The molecular formula is C13H9NO2. The van der Waals surface area contributed by atoms with Crippen molar-refractivity contribution in [3.63, 3.8) is 0 Å². The van der Waals surface area contributed by atoms with E-state index in [0.717, 1.165) is 16.5 Å². The normalized spacial score (nSPS) is 9.75. The van der Waals surface area contributed by atoms with Gasteiger partial charge in [0, 0.05) is 17.1 Å². The van der Waals surface area contributed by atoms with E-state index in [-0.39, 0.29) is 0 Å². The van der Waals surface area contributed by atoms with Gasteiger partial charge in [0.2, 0.25) is 0 Å². The van der Waals surface area contributed by atoms with E-state index >= 15 is 0 Å². The lowest BCUT2D eigenvalue weighted by Gasteiger charge is -2.01. The molecule has 1 aromatic carbocycles. The Labute approximate surface area is 93.1 Å². The molecule has 3 heteroatoms. The standard InChI is InChI=1S/C13H9NO2/c1-3-9-4-5-12-10(6-9)7-11(8-14-12)13(15)16-2/h1,4-8H,2H3. The summed E-state index contributed by atoms with van der Waals surface area (Å²) in [7, 11) is 1.34. The van der Waals surface area contributed by atoms with E-state index in [1.807, 2.05) is 18.2 Å². The summed E-state index contributed by atoms with van der Waals surface area (Å²) in [5.41, 5.74) is 1.98. The van der Waals surface area contributed by atoms with Gasteiger partial charge in [-0.15, -0.1) is 6.42 Å². The third-order valence-corrected chi connectivity index (χ3v) is 2.27. The van der Waals surface area contributed by atoms with Crippen LogP contribution in [0.15, 0.2) is 30.5 Å². The Balaban J connectivity index is 2.60. The smallest absolute Gasteiger partial charge is 0.339 e. The van der Waals surface area contributed by atoms with Gasteiger partial charge in [-0.05, 0) is 24.3 Å². The average molecular weight is 211 g/mol. The molecule has 0 bridgehead atoms. The van der Waals surface area contributed by atoms with E-state index in [1.165, 1.54) is 13.3 Å². The zero-order valence-electron chi connectivity index (χ0n) is 8.73. The van der Waals surface area contributed by atoms with Crippen molar-refractivity contribution in [2.24, 2.45) is 0 Å². The number of rotatable bonds is 1. The van der Waals surface area contributed by atoms with Crippen LogP contribution in [0.3, 0.4) is 0 Å². The molecule has 0 saturated carbocycles. The predicted molar refractivity (Wildman–Crippen MR) is 61.0 cm³/mol. The van der Waals surface area contributed by atoms with Crippen molar-refractivity contribution in [1.82, 2.24) is 4.98 Å². The zero-order chi connectivity index (χ0) is 11.5. The Morgan fingerprint density at radius 3 is 2.94 bits per heavy atom. The number of benzene rings is 1. The second-order valence-corrected chi connectivity index (χ2v) is 3.27. The molecule has 0 fully saturated rings. The van der Waals surface area contributed by atoms with Crippen molar-refractivity contribution < 1.29 is 9.53 Å². The molecule has 0 saturated heterocycles. The van der Waals surface area contributed by atoms with Crippen LogP contribution in [0.2, 0.25) is 0 Å². The number of ether oxygens (including phenoxy) is 1. The van der Waals surface area contributed by atoms with Gasteiger partial charge < -0.3 is 4.74 Å². The van der Waals surface area contributed by atoms with Crippen molar-refractivity contribution in [2.45, 2.75) is 0 Å². The number of terminal acetylenes is 1. The lowest BCUT2D eigenvalue weighted by molar-refractivity contribution is 0.0600. The molecule has 16 heavy (non-hydrogen) atoms. The van der Waals surface area contributed by atoms with Crippen LogP contribution in [0.4, 0.5) is 0 Å². The molecule has 2 aromatic rings. The Morgan fingerprint density at radius 2 is 2.25 bits per heavy atom. The van der Waals surface area contributed by atoms with Gasteiger partial charge >= 0.3 is 5.97 Å². The van der Waals surface area contributed by atoms with Crippen LogP contribution < -0.4 is 0 Å². The highest BCUT2D eigenvalue weighted by atomic mass is 16.5. The van der Waals surface area contributed by atoms with E-state index in [4.69, 9.17) is 6.42 Å². The monoisotopic (exact) mass is 211 g/mol. The molecule has 0 aliphatic rings. The largest absolute Gasteiger partial charge is 0.465 e. The Bertz CT molecular complexity index is 596. The van der Waals surface area contributed by atoms with Gasteiger partial charge in [0.1, 0.15) is 0 Å². The number of pyridine rings is 1. The van der Waals surface area contributed by atoms with E-state index in [9.17, 15) is 4.79 Å². The lowest BCUT2D eigenvalue weighted by Crippen LogP contribution is -2.01. The lowest BCUT2D eigenvalue weighted by atomic mass is 10.1. The van der Waals surface area contributed by atoms with Crippen LogP contribution >= 0.6 is 0 Å². The summed E-state index contributed by atoms with van der Waals surface area (Å²) in [4.78, 5) is 15.5. The molecule has 2 rings (SSSR count). The fraction of sp³-hybridized carbons (Fsp3) is 0.0769. The number of aromatic nitrogens is 1. The molecule has 0 atom stereocenters. The number of nitrogens with zero attached hydrogens (tertiary/aromatic N) is 1. The van der Waals surface area contributed by atoms with Crippen LogP contribution in [0.25, 0.3) is 10.9 Å². The molecule has 0 unspecified atom stereocenters. The SMILES string of the molecule is C#Cc1ccc2ncc(C(=O)OC)cc2c1. The maximum Gasteiger partial charge on any atom is 0.339 e. The molecular weight excluding hydrogens is 202 g/mol. The van der Waals surface area contributed by atoms with E-state index in [0.29, 0.717) is 5.56 Å². The second-order valence-electron chi connectivity index (χ2n) is 3.27. The van der Waals surface area contributed by atoms with E-state index in [2.05, 4.69) is 15.6 Å². The fourth-order valence-corrected chi connectivity index (χ4v) is 1.45. The van der Waals surface area contributed by atoms with Crippen LogP contribution in [0, 0.1) is 12.3 Å². The molecule has 0 aliphatic heterocycles. The van der Waals surface area contributed by atoms with E-state index < -0.39 is 5.97 Å². The van der Waals surface area contributed by atoms with Crippen LogP contribution in [-0.2, 0) is 4.74 Å². The number of methoxy groups -OCH3 is 1. The fourth-order valence-electron chi connectivity index (χ4n) is 1.45. The van der Waals surface area contributed by atoms with Crippen LogP contribution in [0.1, 0.15) is 15.9 Å². The predicted octanol–water partition coefficient (Wildman–Crippen LogP) is 2.00. The van der Waals surface area contributed by atoms with Crippen molar-refractivity contribution in [3.8, 4) is 12.3 Å². The molecule has 0 spiro atoms. The quantitative estimate of drug-likeness (QED) is 0.535. The number of hydrogen-bond donors (Lipinski definition) is 0.